The monoisotopic (exact) mass is 698 g/mol. The van der Waals surface area contributed by atoms with E-state index in [9.17, 15) is 9.18 Å². The van der Waals surface area contributed by atoms with Gasteiger partial charge in [0.2, 0.25) is 5.95 Å². The quantitative estimate of drug-likeness (QED) is 0.261. The number of ether oxygens (including phenoxy) is 4. The number of alkyl halides is 1. The van der Waals surface area contributed by atoms with Crippen LogP contribution in [0.4, 0.5) is 15.1 Å². The van der Waals surface area contributed by atoms with E-state index in [1.165, 1.54) is 0 Å². The van der Waals surface area contributed by atoms with Gasteiger partial charge in [0.1, 0.15) is 24.1 Å². The lowest BCUT2D eigenvalue weighted by Gasteiger charge is -2.41. The number of hydrogen-bond acceptors (Lipinski definition) is 10. The maximum atomic E-state index is 14.5. The number of hydrogen-bond donors (Lipinski definition) is 0. The van der Waals surface area contributed by atoms with Crippen molar-refractivity contribution in [2.24, 2.45) is 5.92 Å². The van der Waals surface area contributed by atoms with Crippen LogP contribution < -0.4 is 14.4 Å². The maximum Gasteiger partial charge on any atom is 0.410 e. The standard InChI is InChI=1S/C36H48ClFN6O5/c1-22-13-28(22)31-23(14-27(15-29(31)37)48-21-46-5)7-10-30-39-32(41-33(40-30)47-20-36-11-6-12-43(36)17-24(38)16-36)42-18-25-8-9-26(19-42)44(25)34(45)49-35(2,3)4/h7,10,14-15,22,24-26,28H,6,8-9,11-13,16-21H2,1-5H3/b10-7+/t22-,24-,25-,26+,28-,36+/m1/s1. The largest absolute Gasteiger partial charge is 0.467 e. The minimum Gasteiger partial charge on any atom is -0.467 e. The molecular formula is C36H48ClFN6O5. The predicted octanol–water partition coefficient (Wildman–Crippen LogP) is 6.34. The third kappa shape index (κ3) is 7.32. The Kier molecular flexibility index (Phi) is 9.42. The molecule has 2 bridgehead atoms. The van der Waals surface area contributed by atoms with E-state index in [1.54, 1.807) is 7.11 Å². The summed E-state index contributed by atoms with van der Waals surface area (Å²) in [7, 11) is 1.58. The van der Waals surface area contributed by atoms with Gasteiger partial charge >= 0.3 is 12.1 Å². The molecule has 1 saturated carbocycles. The van der Waals surface area contributed by atoms with Crippen molar-refractivity contribution >= 4 is 35.8 Å². The summed E-state index contributed by atoms with van der Waals surface area (Å²) < 4.78 is 37.5. The second-order valence-corrected chi connectivity index (χ2v) is 15.8. The summed E-state index contributed by atoms with van der Waals surface area (Å²) in [6.45, 7) is 10.8. The number of nitrogens with zero attached hydrogens (tertiary/aromatic N) is 6. The normalized spacial score (nSPS) is 29.5. The summed E-state index contributed by atoms with van der Waals surface area (Å²) in [5, 5.41) is 0.657. The molecule has 1 aromatic carbocycles. The molecule has 6 atom stereocenters. The Morgan fingerprint density at radius 2 is 1.86 bits per heavy atom. The number of fused-ring (bicyclic) bond motifs is 3. The number of amides is 1. The Morgan fingerprint density at radius 3 is 2.55 bits per heavy atom. The average molecular weight is 699 g/mol. The molecule has 4 aliphatic heterocycles. The van der Waals surface area contributed by atoms with E-state index in [4.69, 9.17) is 45.5 Å². The second-order valence-electron chi connectivity index (χ2n) is 15.4. The molecule has 49 heavy (non-hydrogen) atoms. The minimum atomic E-state index is -0.855. The predicted molar refractivity (Wildman–Crippen MR) is 185 cm³/mol. The highest BCUT2D eigenvalue weighted by atomic mass is 35.5. The number of benzene rings is 1. The summed E-state index contributed by atoms with van der Waals surface area (Å²) >= 11 is 6.82. The van der Waals surface area contributed by atoms with Gasteiger partial charge in [0, 0.05) is 38.2 Å². The number of rotatable bonds is 10. The number of carbonyl (C=O) groups is 1. The van der Waals surface area contributed by atoms with Crippen LogP contribution in [-0.2, 0) is 9.47 Å². The molecule has 5 fully saturated rings. The van der Waals surface area contributed by atoms with Crippen LogP contribution in [0.3, 0.4) is 0 Å². The van der Waals surface area contributed by atoms with Crippen LogP contribution in [0.25, 0.3) is 12.2 Å². The smallest absolute Gasteiger partial charge is 0.410 e. The fourth-order valence-electron chi connectivity index (χ4n) is 8.21. The highest BCUT2D eigenvalue weighted by Gasteiger charge is 2.50. The van der Waals surface area contributed by atoms with Gasteiger partial charge in [-0.2, -0.15) is 15.0 Å². The number of piperazine rings is 1. The van der Waals surface area contributed by atoms with Gasteiger partial charge in [-0.1, -0.05) is 24.6 Å². The van der Waals surface area contributed by atoms with Crippen LogP contribution in [0.15, 0.2) is 12.1 Å². The van der Waals surface area contributed by atoms with Crippen LogP contribution in [-0.4, -0.2) is 107 Å². The summed E-state index contributed by atoms with van der Waals surface area (Å²) in [6, 6.07) is 3.99. The Morgan fingerprint density at radius 1 is 1.10 bits per heavy atom. The molecular weight excluding hydrogens is 651 g/mol. The summed E-state index contributed by atoms with van der Waals surface area (Å²) in [4.78, 5) is 33.8. The fraction of sp³-hybridized carbons (Fsp3) is 0.667. The number of aromatic nitrogens is 3. The zero-order valence-corrected chi connectivity index (χ0v) is 29.9. The van der Waals surface area contributed by atoms with Gasteiger partial charge in [-0.15, -0.1) is 0 Å². The molecule has 2 aromatic rings. The Bertz CT molecular complexity index is 1580. The second kappa shape index (κ2) is 13.5. The molecule has 266 valence electrons. The molecule has 0 spiro atoms. The molecule has 13 heteroatoms. The molecule has 5 aliphatic rings. The van der Waals surface area contributed by atoms with Crippen molar-refractivity contribution < 1.29 is 28.1 Å². The first-order chi connectivity index (χ1) is 23.4. The zero-order chi connectivity index (χ0) is 34.5. The molecule has 1 amide bonds. The molecule has 0 N–H and O–H groups in total. The first-order valence-corrected chi connectivity index (χ1v) is 18.0. The Hall–Kier alpha value is -3.22. The van der Waals surface area contributed by atoms with Crippen molar-refractivity contribution in [3.8, 4) is 11.8 Å². The highest BCUT2D eigenvalue weighted by Crippen LogP contribution is 2.51. The zero-order valence-electron chi connectivity index (χ0n) is 29.2. The summed E-state index contributed by atoms with van der Waals surface area (Å²) in [5.41, 5.74) is 1.11. The van der Waals surface area contributed by atoms with E-state index in [0.717, 1.165) is 49.8 Å². The van der Waals surface area contributed by atoms with Crippen LogP contribution in [0.1, 0.15) is 89.1 Å². The van der Waals surface area contributed by atoms with Crippen molar-refractivity contribution in [1.82, 2.24) is 24.8 Å². The molecule has 4 saturated heterocycles. The van der Waals surface area contributed by atoms with Gasteiger partial charge < -0.3 is 23.8 Å². The van der Waals surface area contributed by atoms with E-state index in [2.05, 4.69) is 16.7 Å². The van der Waals surface area contributed by atoms with E-state index in [1.807, 2.05) is 50.0 Å². The van der Waals surface area contributed by atoms with E-state index in [0.29, 0.717) is 67.0 Å². The van der Waals surface area contributed by atoms with Gasteiger partial charge in [-0.3, -0.25) is 9.80 Å². The van der Waals surface area contributed by atoms with Crippen molar-refractivity contribution in [2.45, 2.75) is 102 Å². The Balaban J connectivity index is 1.18. The molecule has 11 nitrogen and oxygen atoms in total. The topological polar surface area (TPSA) is 102 Å². The minimum absolute atomic E-state index is 0.0142. The summed E-state index contributed by atoms with van der Waals surface area (Å²) in [6.07, 6.45) is 7.91. The highest BCUT2D eigenvalue weighted by molar-refractivity contribution is 6.31. The van der Waals surface area contributed by atoms with Crippen LogP contribution in [0, 0.1) is 5.92 Å². The third-order valence-corrected chi connectivity index (χ3v) is 10.9. The van der Waals surface area contributed by atoms with Crippen molar-refractivity contribution in [1.29, 1.82) is 0 Å². The SMILES string of the molecule is COCOc1cc(Cl)c([C@@H]2C[C@H]2C)c(/C=C/c2nc(OC[C@@]34CCCN3C[C@H](F)C4)nc(N3C[C@H]4CC[C@@H](C3)N4C(=O)OC(C)(C)C)n2)c1. The third-order valence-electron chi connectivity index (χ3n) is 10.6. The van der Waals surface area contributed by atoms with Crippen molar-refractivity contribution in [3.05, 3.63) is 34.1 Å². The Labute approximate surface area is 293 Å². The molecule has 0 unspecified atom stereocenters. The first-order valence-electron chi connectivity index (χ1n) is 17.6. The summed E-state index contributed by atoms with van der Waals surface area (Å²) in [5.74, 6) is 2.46. The van der Waals surface area contributed by atoms with E-state index < -0.39 is 11.8 Å². The van der Waals surface area contributed by atoms with Gasteiger partial charge in [0.05, 0.1) is 17.6 Å². The first kappa shape index (κ1) is 34.2. The number of carbonyl (C=O) groups excluding carboxylic acids is 1. The molecule has 1 aromatic heterocycles. The molecule has 5 heterocycles. The van der Waals surface area contributed by atoms with Crippen LogP contribution in [0.5, 0.6) is 11.8 Å². The van der Waals surface area contributed by atoms with Gasteiger partial charge in [0.25, 0.3) is 0 Å². The van der Waals surface area contributed by atoms with Crippen LogP contribution >= 0.6 is 11.6 Å². The number of methoxy groups -OCH3 is 1. The van der Waals surface area contributed by atoms with E-state index >= 15 is 0 Å². The fourth-order valence-corrected chi connectivity index (χ4v) is 8.57. The van der Waals surface area contributed by atoms with Crippen molar-refractivity contribution in [3.63, 3.8) is 0 Å². The average Bonchev–Trinajstić information content (AvgIpc) is 3.34. The number of anilines is 1. The lowest BCUT2D eigenvalue weighted by Crippen LogP contribution is -2.57. The van der Waals surface area contributed by atoms with Gasteiger partial charge in [-0.05, 0) is 101 Å². The molecule has 0 radical (unpaired) electrons. The van der Waals surface area contributed by atoms with Crippen LogP contribution in [0.2, 0.25) is 5.02 Å². The lowest BCUT2D eigenvalue weighted by atomic mass is 9.95. The van der Waals surface area contributed by atoms with Crippen molar-refractivity contribution in [2.75, 3.05) is 51.6 Å². The lowest BCUT2D eigenvalue weighted by molar-refractivity contribution is 0.0122. The van der Waals surface area contributed by atoms with Gasteiger partial charge in [0.15, 0.2) is 12.6 Å². The van der Waals surface area contributed by atoms with E-state index in [-0.39, 0.29) is 36.5 Å². The molecule has 7 rings (SSSR count). The number of halogens is 2. The van der Waals surface area contributed by atoms with Gasteiger partial charge in [-0.25, -0.2) is 9.18 Å². The molecule has 1 aliphatic carbocycles. The maximum absolute atomic E-state index is 14.5.